The van der Waals surface area contributed by atoms with Crippen molar-refractivity contribution in [1.82, 2.24) is 10.0 Å². The average molecular weight is 679 g/mol. The van der Waals surface area contributed by atoms with Crippen molar-refractivity contribution in [1.29, 1.82) is 0 Å². The van der Waals surface area contributed by atoms with Crippen molar-refractivity contribution >= 4 is 39.1 Å². The van der Waals surface area contributed by atoms with Crippen LogP contribution in [0.1, 0.15) is 78.8 Å². The van der Waals surface area contributed by atoms with Gasteiger partial charge < -0.3 is 19.7 Å². The number of allylic oxidation sites excluding steroid dienone is 1. The van der Waals surface area contributed by atoms with E-state index in [4.69, 9.17) is 21.1 Å². The van der Waals surface area contributed by atoms with Crippen LogP contribution >= 0.6 is 11.6 Å². The lowest BCUT2D eigenvalue weighted by Crippen LogP contribution is -2.49. The summed E-state index contributed by atoms with van der Waals surface area (Å²) in [6.07, 6.45) is 11.6. The Labute approximate surface area is 282 Å². The van der Waals surface area contributed by atoms with Crippen LogP contribution in [0.25, 0.3) is 0 Å². The number of fused-ring (bicyclic) bond motifs is 6. The van der Waals surface area contributed by atoms with Crippen molar-refractivity contribution in [3.8, 4) is 5.75 Å². The van der Waals surface area contributed by atoms with E-state index in [1.807, 2.05) is 18.2 Å². The topological polar surface area (TPSA) is 109 Å². The van der Waals surface area contributed by atoms with Crippen molar-refractivity contribution in [2.45, 2.75) is 74.8 Å². The van der Waals surface area contributed by atoms with Gasteiger partial charge in [-0.2, -0.15) is 0 Å². The Morgan fingerprint density at radius 3 is 2.81 bits per heavy atom. The molecule has 3 fully saturated rings. The van der Waals surface area contributed by atoms with E-state index in [0.29, 0.717) is 48.7 Å². The van der Waals surface area contributed by atoms with Gasteiger partial charge in [0.25, 0.3) is 5.91 Å². The molecule has 0 unspecified atom stereocenters. The van der Waals surface area contributed by atoms with Gasteiger partial charge in [-0.25, -0.2) is 9.00 Å². The number of rotatable bonds is 3. The van der Waals surface area contributed by atoms with Crippen molar-refractivity contribution < 1.29 is 23.3 Å². The summed E-state index contributed by atoms with van der Waals surface area (Å²) in [5.74, 6) is 2.16. The number of carbonyl (C=O) groups is 2. The largest absolute Gasteiger partial charge is 0.490 e. The van der Waals surface area contributed by atoms with Gasteiger partial charge in [0, 0.05) is 42.2 Å². The molecule has 0 saturated heterocycles. The summed E-state index contributed by atoms with van der Waals surface area (Å²) < 4.78 is 33.5. The minimum absolute atomic E-state index is 0.0208. The third-order valence-electron chi connectivity index (χ3n) is 11.2. The predicted molar refractivity (Wildman–Crippen MR) is 183 cm³/mol. The van der Waals surface area contributed by atoms with E-state index in [2.05, 4.69) is 43.6 Å². The average Bonchev–Trinajstić information content (AvgIpc) is 3.96. The van der Waals surface area contributed by atoms with Crippen LogP contribution in [0, 0.1) is 17.8 Å². The number of nitrogens with one attached hydrogen (secondary N) is 2. The van der Waals surface area contributed by atoms with E-state index < -0.39 is 21.9 Å². The quantitative estimate of drug-likeness (QED) is 0.366. The molecule has 2 aromatic rings. The monoisotopic (exact) mass is 678 g/mol. The minimum Gasteiger partial charge on any atom is -0.490 e. The first-order valence-corrected chi connectivity index (χ1v) is 19.2. The van der Waals surface area contributed by atoms with Crippen LogP contribution in [0.4, 0.5) is 10.5 Å². The molecule has 47 heavy (non-hydrogen) atoms. The molecule has 3 saturated carbocycles. The van der Waals surface area contributed by atoms with Crippen LogP contribution < -0.4 is 19.7 Å². The Balaban J connectivity index is 1.19. The van der Waals surface area contributed by atoms with Crippen LogP contribution in [-0.2, 0) is 20.1 Å². The van der Waals surface area contributed by atoms with E-state index in [1.54, 1.807) is 13.2 Å². The molecule has 0 aromatic heterocycles. The van der Waals surface area contributed by atoms with E-state index in [9.17, 15) is 13.8 Å². The van der Waals surface area contributed by atoms with Gasteiger partial charge in [0.2, 0.25) is 0 Å². The van der Waals surface area contributed by atoms with Crippen molar-refractivity contribution in [2.24, 2.45) is 22.1 Å². The lowest BCUT2D eigenvalue weighted by Gasteiger charge is -2.46. The van der Waals surface area contributed by atoms with Gasteiger partial charge in [0.05, 0.1) is 24.2 Å². The Morgan fingerprint density at radius 2 is 2.02 bits per heavy atom. The van der Waals surface area contributed by atoms with Crippen LogP contribution in [0.15, 0.2) is 52.9 Å². The molecule has 4 aliphatic carbocycles. The van der Waals surface area contributed by atoms with Crippen LogP contribution in [0.2, 0.25) is 5.02 Å². The number of benzene rings is 2. The van der Waals surface area contributed by atoms with E-state index in [0.717, 1.165) is 61.7 Å². The zero-order valence-electron chi connectivity index (χ0n) is 26.8. The number of halogens is 1. The summed E-state index contributed by atoms with van der Waals surface area (Å²) >= 11 is 6.52. The van der Waals surface area contributed by atoms with Gasteiger partial charge in [0.1, 0.15) is 15.7 Å². The summed E-state index contributed by atoms with van der Waals surface area (Å²) in [6, 6.07) is 11.3. The lowest BCUT2D eigenvalue weighted by atomic mass is 9.68. The smallest absolute Gasteiger partial charge is 0.327 e. The maximum atomic E-state index is 14.0. The van der Waals surface area contributed by atoms with E-state index in [1.165, 1.54) is 17.5 Å². The zero-order valence-corrected chi connectivity index (χ0v) is 28.4. The van der Waals surface area contributed by atoms with Crippen LogP contribution in [0.3, 0.4) is 0 Å². The fraction of sp³-hybridized carbons (Fsp3) is 0.556. The second kappa shape index (κ2) is 12.1. The molecule has 2 heterocycles. The standard InChI is InChI=1S/C36H43ClN4O5S/c1-45-32-5-3-2-4-14-47(44,40-35(43)38-26-9-10-26)39-34(42)22-7-13-33-31(16-22)41(19-23-6-11-27(23)32)20-36(21-46-33)18-24-15-28(24)29-17-25(37)8-12-30(29)36/h3,5,7-8,12-13,16-17,23-24,26-28,32H,2,4,6,9-11,14-15,18-21H2,1H3,(H2,38,39,40,42,43,44)/b5-3+/t23-,24-,27+,28-,32-,36-,47-/m0/s1. The highest BCUT2D eigenvalue weighted by Gasteiger charge is 2.54. The normalized spacial score (nSPS) is 35.1. The van der Waals surface area contributed by atoms with Crippen LogP contribution in [-0.4, -0.2) is 60.9 Å². The SMILES string of the molecule is CO[C@H]1/C=C/CCC[S@@](=O)(NC(=O)NC2CC2)=NC(=O)c2ccc3c(c2)N(C[C@@H]2CC[C@H]21)C[C@]1(CO3)C[C@@H]2C[C@@H]2c2cc(Cl)ccc21. The third kappa shape index (κ3) is 6.17. The predicted octanol–water partition coefficient (Wildman–Crippen LogP) is 6.36. The fourth-order valence-electron chi connectivity index (χ4n) is 8.42. The Hall–Kier alpha value is -3.08. The van der Waals surface area contributed by atoms with Crippen LogP contribution in [0.5, 0.6) is 5.75 Å². The number of nitrogens with zero attached hydrogens (tertiary/aromatic N) is 2. The minimum atomic E-state index is -3.37. The molecular weight excluding hydrogens is 636 g/mol. The third-order valence-corrected chi connectivity index (χ3v) is 13.3. The number of amides is 3. The Kier molecular flexibility index (Phi) is 8.04. The number of hydrogen-bond acceptors (Lipinski definition) is 6. The first-order valence-electron chi connectivity index (χ1n) is 17.1. The number of carbonyl (C=O) groups excluding carboxylic acids is 2. The zero-order chi connectivity index (χ0) is 32.3. The molecule has 2 N–H and O–H groups in total. The molecule has 250 valence electrons. The van der Waals surface area contributed by atoms with Gasteiger partial charge in [0.15, 0.2) is 0 Å². The number of ether oxygens (including phenoxy) is 2. The first-order chi connectivity index (χ1) is 22.7. The van der Waals surface area contributed by atoms with Crippen molar-refractivity contribution in [3.63, 3.8) is 0 Å². The fourth-order valence-corrected chi connectivity index (χ4v) is 10.1. The van der Waals surface area contributed by atoms with Gasteiger partial charge in [-0.3, -0.25) is 9.52 Å². The van der Waals surface area contributed by atoms with E-state index in [-0.39, 0.29) is 23.3 Å². The molecule has 0 radical (unpaired) electrons. The maximum absolute atomic E-state index is 14.0. The molecule has 11 heteroatoms. The second-order valence-electron chi connectivity index (χ2n) is 14.5. The molecule has 7 atom stereocenters. The highest BCUT2D eigenvalue weighted by molar-refractivity contribution is 7.92. The molecule has 2 aromatic carbocycles. The van der Waals surface area contributed by atoms with Crippen molar-refractivity contribution in [3.05, 3.63) is 70.3 Å². The molecule has 2 bridgehead atoms. The Bertz CT molecular complexity index is 1750. The summed E-state index contributed by atoms with van der Waals surface area (Å²) in [6.45, 7) is 2.10. The molecule has 6 aliphatic rings. The highest BCUT2D eigenvalue weighted by atomic mass is 35.5. The molecule has 8 rings (SSSR count). The van der Waals surface area contributed by atoms with Gasteiger partial charge in [-0.1, -0.05) is 29.8 Å². The van der Waals surface area contributed by atoms with E-state index >= 15 is 0 Å². The highest BCUT2D eigenvalue weighted by Crippen LogP contribution is 2.61. The maximum Gasteiger partial charge on any atom is 0.327 e. The number of urea groups is 1. The summed E-state index contributed by atoms with van der Waals surface area (Å²) in [5.41, 5.74) is 3.63. The number of anilines is 1. The molecule has 1 spiro atoms. The van der Waals surface area contributed by atoms with Gasteiger partial charge in [-0.15, -0.1) is 4.36 Å². The number of hydrogen-bond donors (Lipinski definition) is 2. The molecule has 2 aliphatic heterocycles. The summed E-state index contributed by atoms with van der Waals surface area (Å²) in [7, 11) is -1.60. The Morgan fingerprint density at radius 1 is 1.15 bits per heavy atom. The van der Waals surface area contributed by atoms with Gasteiger partial charge in [-0.05, 0) is 116 Å². The first kappa shape index (κ1) is 31.2. The number of methoxy groups -OCH3 is 1. The molecular formula is C36H43ClN4O5S. The second-order valence-corrected chi connectivity index (χ2v) is 17.0. The van der Waals surface area contributed by atoms with Crippen molar-refractivity contribution in [2.75, 3.05) is 37.5 Å². The van der Waals surface area contributed by atoms with Gasteiger partial charge >= 0.3 is 6.03 Å². The summed E-state index contributed by atoms with van der Waals surface area (Å²) in [5, 5.41) is 3.59. The summed E-state index contributed by atoms with van der Waals surface area (Å²) in [4.78, 5) is 28.9. The molecule has 3 amide bonds. The molecule has 9 nitrogen and oxygen atoms in total. The lowest BCUT2D eigenvalue weighted by molar-refractivity contribution is 0.0131.